The Morgan fingerprint density at radius 2 is 1.71 bits per heavy atom. The van der Waals surface area contributed by atoms with Crippen LogP contribution in [0.15, 0.2) is 66.7 Å². The highest BCUT2D eigenvalue weighted by Crippen LogP contribution is 2.39. The zero-order valence-electron chi connectivity index (χ0n) is 19.3. The summed E-state index contributed by atoms with van der Waals surface area (Å²) < 4.78 is 5.49. The number of amides is 4. The van der Waals surface area contributed by atoms with Crippen LogP contribution >= 0.6 is 11.3 Å². The number of hydrogen-bond acceptors (Lipinski definition) is 6. The molecule has 0 aliphatic carbocycles. The summed E-state index contributed by atoms with van der Waals surface area (Å²) in [4.78, 5) is 42.1. The highest BCUT2D eigenvalue weighted by molar-refractivity contribution is 7.18. The summed E-state index contributed by atoms with van der Waals surface area (Å²) >= 11 is 1.35. The molecule has 2 aromatic carbocycles. The number of nitrogens with one attached hydrogen (secondary N) is 2. The van der Waals surface area contributed by atoms with Crippen LogP contribution in [0.25, 0.3) is 11.1 Å². The molecule has 8 nitrogen and oxygen atoms in total. The Balaban J connectivity index is 1.43. The van der Waals surface area contributed by atoms with Crippen molar-refractivity contribution in [2.45, 2.75) is 18.9 Å². The predicted molar refractivity (Wildman–Crippen MR) is 134 cm³/mol. The Kier molecular flexibility index (Phi) is 6.27. The topological polar surface area (TPSA) is 91.0 Å². The van der Waals surface area contributed by atoms with Gasteiger partial charge in [0.2, 0.25) is 0 Å². The second kappa shape index (κ2) is 9.52. The van der Waals surface area contributed by atoms with Gasteiger partial charge in [-0.3, -0.25) is 15.0 Å². The van der Waals surface area contributed by atoms with Gasteiger partial charge in [0.05, 0.1) is 23.1 Å². The summed E-state index contributed by atoms with van der Waals surface area (Å²) in [6, 6.07) is 20.1. The fourth-order valence-electron chi connectivity index (χ4n) is 4.51. The minimum atomic E-state index is -1.21. The molecule has 0 spiro atoms. The van der Waals surface area contributed by atoms with Crippen LogP contribution in [0.5, 0.6) is 0 Å². The highest BCUT2D eigenvalue weighted by atomic mass is 32.1. The van der Waals surface area contributed by atoms with Crippen LogP contribution in [0, 0.1) is 0 Å². The lowest BCUT2D eigenvalue weighted by Gasteiger charge is -2.28. The number of morpholine rings is 1. The highest BCUT2D eigenvalue weighted by Gasteiger charge is 2.52. The molecule has 2 aliphatic heterocycles. The summed E-state index contributed by atoms with van der Waals surface area (Å²) in [6.45, 7) is 4.52. The zero-order valence-corrected chi connectivity index (χ0v) is 20.1. The van der Waals surface area contributed by atoms with Gasteiger partial charge in [0, 0.05) is 18.7 Å². The molecule has 0 bridgehead atoms. The first-order valence-corrected chi connectivity index (χ1v) is 12.4. The van der Waals surface area contributed by atoms with Gasteiger partial charge in [-0.05, 0) is 23.6 Å². The normalized spacial score (nSPS) is 20.1. The van der Waals surface area contributed by atoms with E-state index in [1.807, 2.05) is 61.5 Å². The first-order valence-electron chi connectivity index (χ1n) is 11.6. The van der Waals surface area contributed by atoms with E-state index in [4.69, 9.17) is 4.74 Å². The largest absolute Gasteiger partial charge is 0.378 e. The maximum atomic E-state index is 13.4. The molecule has 3 heterocycles. The third-order valence-electron chi connectivity index (χ3n) is 6.42. The van der Waals surface area contributed by atoms with Crippen LogP contribution in [0.2, 0.25) is 0 Å². The van der Waals surface area contributed by atoms with Crippen LogP contribution in [0.4, 0.5) is 9.80 Å². The summed E-state index contributed by atoms with van der Waals surface area (Å²) in [5.41, 5.74) is 3.94. The number of hydrogen-bond donors (Lipinski definition) is 2. The smallest absolute Gasteiger partial charge is 0.344 e. The minimum absolute atomic E-state index is 0.353. The second-order valence-corrected chi connectivity index (χ2v) is 9.46. The van der Waals surface area contributed by atoms with Gasteiger partial charge in [-0.1, -0.05) is 67.6 Å². The number of ether oxygens (including phenoxy) is 1. The molecular weight excluding hydrogens is 464 g/mol. The number of anilines is 1. The number of thiophene rings is 1. The lowest BCUT2D eigenvalue weighted by atomic mass is 9.87. The lowest BCUT2D eigenvalue weighted by molar-refractivity contribution is -0.133. The van der Waals surface area contributed by atoms with Crippen LogP contribution in [0.1, 0.15) is 28.6 Å². The molecule has 2 N–H and O–H groups in total. The van der Waals surface area contributed by atoms with Crippen molar-refractivity contribution in [2.75, 3.05) is 31.2 Å². The Morgan fingerprint density at radius 1 is 1.06 bits per heavy atom. The minimum Gasteiger partial charge on any atom is -0.378 e. The number of rotatable bonds is 6. The van der Waals surface area contributed by atoms with Gasteiger partial charge >= 0.3 is 6.03 Å². The average Bonchev–Trinajstić information content (AvgIpc) is 3.46. The molecule has 9 heteroatoms. The SMILES string of the molecule is CC[C@@]1(c2ccccc2)NC(=O)N(NC(=O)c2cc(-c3ccccc3)c(N3CCOCC3)s2)C1=O. The average molecular weight is 491 g/mol. The van der Waals surface area contributed by atoms with Crippen LogP contribution in [-0.2, 0) is 15.1 Å². The van der Waals surface area contributed by atoms with E-state index in [0.717, 1.165) is 34.2 Å². The van der Waals surface area contributed by atoms with E-state index in [1.165, 1.54) is 11.3 Å². The van der Waals surface area contributed by atoms with Crippen molar-refractivity contribution in [1.29, 1.82) is 0 Å². The number of benzene rings is 2. The summed E-state index contributed by atoms with van der Waals surface area (Å²) in [5.74, 6) is -1.01. The van der Waals surface area contributed by atoms with Gasteiger partial charge in [0.1, 0.15) is 5.54 Å². The van der Waals surface area contributed by atoms with E-state index >= 15 is 0 Å². The van der Waals surface area contributed by atoms with E-state index in [2.05, 4.69) is 15.6 Å². The Bertz CT molecular complexity index is 1240. The molecule has 0 saturated carbocycles. The van der Waals surface area contributed by atoms with Crippen LogP contribution in [0.3, 0.4) is 0 Å². The Hall–Kier alpha value is -3.69. The molecule has 0 unspecified atom stereocenters. The molecule has 1 atom stereocenters. The number of hydrazine groups is 1. The van der Waals surface area contributed by atoms with E-state index in [-0.39, 0.29) is 0 Å². The van der Waals surface area contributed by atoms with Gasteiger partial charge in [0.15, 0.2) is 0 Å². The fourth-order valence-corrected chi connectivity index (χ4v) is 5.64. The summed E-state index contributed by atoms with van der Waals surface area (Å²) in [5, 5.41) is 4.56. The zero-order chi connectivity index (χ0) is 24.4. The molecule has 180 valence electrons. The van der Waals surface area contributed by atoms with E-state index in [9.17, 15) is 14.4 Å². The fraction of sp³-hybridized carbons (Fsp3) is 0.269. The first kappa shape index (κ1) is 23.1. The molecule has 0 radical (unpaired) electrons. The van der Waals surface area contributed by atoms with Gasteiger partial charge in [-0.2, -0.15) is 5.01 Å². The van der Waals surface area contributed by atoms with Crippen molar-refractivity contribution in [2.24, 2.45) is 0 Å². The molecule has 2 saturated heterocycles. The number of urea groups is 1. The molecule has 1 aromatic heterocycles. The summed E-state index contributed by atoms with van der Waals surface area (Å²) in [7, 11) is 0. The Morgan fingerprint density at radius 3 is 2.37 bits per heavy atom. The van der Waals surface area contributed by atoms with Crippen LogP contribution in [-0.4, -0.2) is 49.2 Å². The maximum Gasteiger partial charge on any atom is 0.344 e. The van der Waals surface area contributed by atoms with Gasteiger partial charge in [-0.25, -0.2) is 4.79 Å². The molecule has 4 amide bonds. The van der Waals surface area contributed by atoms with Crippen LogP contribution < -0.4 is 15.6 Å². The van der Waals surface area contributed by atoms with Gasteiger partial charge in [0.25, 0.3) is 11.8 Å². The lowest BCUT2D eigenvalue weighted by Crippen LogP contribution is -2.48. The van der Waals surface area contributed by atoms with Crippen molar-refractivity contribution in [3.05, 3.63) is 77.2 Å². The molecule has 2 fully saturated rings. The third kappa shape index (κ3) is 4.17. The molecule has 3 aromatic rings. The van der Waals surface area contributed by atoms with Crippen molar-refractivity contribution in [3.8, 4) is 11.1 Å². The number of nitrogens with zero attached hydrogens (tertiary/aromatic N) is 2. The third-order valence-corrected chi connectivity index (χ3v) is 7.62. The van der Waals surface area contributed by atoms with Gasteiger partial charge < -0.3 is 15.0 Å². The Labute approximate surface area is 207 Å². The van der Waals surface area contributed by atoms with Crippen molar-refractivity contribution in [1.82, 2.24) is 15.8 Å². The van der Waals surface area contributed by atoms with E-state index < -0.39 is 23.4 Å². The molecule has 35 heavy (non-hydrogen) atoms. The van der Waals surface area contributed by atoms with E-state index in [1.54, 1.807) is 12.1 Å². The van der Waals surface area contributed by atoms with Crippen molar-refractivity contribution in [3.63, 3.8) is 0 Å². The van der Waals surface area contributed by atoms with Crippen molar-refractivity contribution >= 4 is 34.2 Å². The number of carbonyl (C=O) groups excluding carboxylic acids is 3. The molecular formula is C26H26N4O4S. The summed E-state index contributed by atoms with van der Waals surface area (Å²) in [6.07, 6.45) is 0.353. The maximum absolute atomic E-state index is 13.4. The number of carbonyl (C=O) groups is 3. The van der Waals surface area contributed by atoms with E-state index in [0.29, 0.717) is 30.1 Å². The standard InChI is InChI=1S/C26H26N4O4S/c1-2-26(19-11-7-4-8-12-19)24(32)30(25(33)27-26)28-22(31)21-17-20(18-9-5-3-6-10-18)23(35-21)29-13-15-34-16-14-29/h3-12,17H,2,13-16H2,1H3,(H,27,33)(H,28,31)/t26-/m0/s1. The molecule has 2 aliphatic rings. The quantitative estimate of drug-likeness (QED) is 0.514. The monoisotopic (exact) mass is 490 g/mol. The molecule has 5 rings (SSSR count). The first-order chi connectivity index (χ1) is 17.0. The second-order valence-electron chi connectivity index (χ2n) is 8.43. The number of imide groups is 1. The van der Waals surface area contributed by atoms with Gasteiger partial charge in [-0.15, -0.1) is 11.3 Å². The predicted octanol–water partition coefficient (Wildman–Crippen LogP) is 3.75. The van der Waals surface area contributed by atoms with Crippen molar-refractivity contribution < 1.29 is 19.1 Å².